The SMILES string of the molecule is CC(CCCCCC/C=C\CCCCCCCC(=O)C[C@@H]1OC(CO)[C@@H](O)[C@H](O)C1O[C@@H]1OC(CO)[C@@H](O)[C@H](O)C1O)O[C@@H]1OC(CO)[C@@H](O)[C@H](O)C1O[C@@H]1OC(CO)[C@@H](O)[C@H](O)C1O. The van der Waals surface area contributed by atoms with E-state index in [1.54, 1.807) is 6.92 Å². The molecule has 4 saturated heterocycles. The average Bonchev–Trinajstić information content (AvgIpc) is 3.29. The zero-order valence-electron chi connectivity index (χ0n) is 37.0. The van der Waals surface area contributed by atoms with Gasteiger partial charge in [-0.25, -0.2) is 0 Å². The van der Waals surface area contributed by atoms with Crippen molar-refractivity contribution in [2.24, 2.45) is 0 Å². The second-order valence-corrected chi connectivity index (χ2v) is 17.6. The van der Waals surface area contributed by atoms with Crippen molar-refractivity contribution in [3.63, 3.8) is 0 Å². The van der Waals surface area contributed by atoms with E-state index >= 15 is 0 Å². The first-order valence-corrected chi connectivity index (χ1v) is 23.1. The van der Waals surface area contributed by atoms with Gasteiger partial charge < -0.3 is 105 Å². The maximum absolute atomic E-state index is 13.0. The van der Waals surface area contributed by atoms with E-state index < -0.39 is 155 Å². The van der Waals surface area contributed by atoms with Gasteiger partial charge >= 0.3 is 0 Å². The highest BCUT2D eigenvalue weighted by atomic mass is 16.8. The minimum atomic E-state index is -1.78. The van der Waals surface area contributed by atoms with Gasteiger partial charge in [0.1, 0.15) is 103 Å². The van der Waals surface area contributed by atoms with Crippen molar-refractivity contribution in [3.8, 4) is 0 Å². The van der Waals surface area contributed by atoms with Gasteiger partial charge in [-0.1, -0.05) is 50.7 Å². The molecular formula is C43H76O22. The summed E-state index contributed by atoms with van der Waals surface area (Å²) in [5.74, 6) is -0.201. The number of unbranched alkanes of at least 4 members (excludes halogenated alkanes) is 9. The van der Waals surface area contributed by atoms with Gasteiger partial charge in [0.2, 0.25) is 0 Å². The minimum absolute atomic E-state index is 0.201. The van der Waals surface area contributed by atoms with E-state index in [2.05, 4.69) is 12.2 Å². The molecule has 22 nitrogen and oxygen atoms in total. The maximum Gasteiger partial charge on any atom is 0.187 e. The number of carbonyl (C=O) groups excluding carboxylic acids is 1. The second kappa shape index (κ2) is 28.3. The number of hydrogen-bond acceptors (Lipinski definition) is 22. The fourth-order valence-corrected chi connectivity index (χ4v) is 8.50. The Morgan fingerprint density at radius 2 is 0.862 bits per heavy atom. The summed E-state index contributed by atoms with van der Waals surface area (Å²) >= 11 is 0. The van der Waals surface area contributed by atoms with E-state index in [0.717, 1.165) is 64.2 Å². The molecule has 21 atom stereocenters. The van der Waals surface area contributed by atoms with Gasteiger partial charge in [-0.05, 0) is 45.4 Å². The fourth-order valence-electron chi connectivity index (χ4n) is 8.50. The minimum Gasteiger partial charge on any atom is -0.394 e. The second-order valence-electron chi connectivity index (χ2n) is 17.6. The van der Waals surface area contributed by atoms with Crippen LogP contribution in [0.4, 0.5) is 0 Å². The van der Waals surface area contributed by atoms with E-state index in [1.165, 1.54) is 0 Å². The summed E-state index contributed by atoms with van der Waals surface area (Å²) in [6, 6.07) is 0. The molecule has 380 valence electrons. The highest BCUT2D eigenvalue weighted by Gasteiger charge is 2.52. The predicted molar refractivity (Wildman–Crippen MR) is 222 cm³/mol. The first-order valence-electron chi connectivity index (χ1n) is 23.1. The summed E-state index contributed by atoms with van der Waals surface area (Å²) in [7, 11) is 0. The summed E-state index contributed by atoms with van der Waals surface area (Å²) in [4.78, 5) is 13.0. The van der Waals surface area contributed by atoms with Crippen molar-refractivity contribution in [2.45, 2.75) is 226 Å². The number of rotatable bonds is 27. The van der Waals surface area contributed by atoms with E-state index in [9.17, 15) is 76.3 Å². The van der Waals surface area contributed by atoms with Gasteiger partial charge in [-0.15, -0.1) is 0 Å². The quantitative estimate of drug-likeness (QED) is 0.0278. The summed E-state index contributed by atoms with van der Waals surface area (Å²) in [6.45, 7) is -0.846. The van der Waals surface area contributed by atoms with Gasteiger partial charge in [-0.2, -0.15) is 0 Å². The number of aliphatic hydroxyl groups is 14. The van der Waals surface area contributed by atoms with Gasteiger partial charge in [0.05, 0.1) is 38.6 Å². The molecule has 0 aromatic rings. The molecule has 65 heavy (non-hydrogen) atoms. The lowest BCUT2D eigenvalue weighted by atomic mass is 9.91. The number of ketones is 1. The Labute approximate surface area is 378 Å². The van der Waals surface area contributed by atoms with E-state index in [-0.39, 0.29) is 18.6 Å². The molecule has 14 N–H and O–H groups in total. The Morgan fingerprint density at radius 3 is 1.37 bits per heavy atom. The first kappa shape index (κ1) is 56.2. The predicted octanol–water partition coefficient (Wildman–Crippen LogP) is -3.73. The van der Waals surface area contributed by atoms with Crippen LogP contribution >= 0.6 is 0 Å². The normalized spacial score (nSPS) is 40.9. The monoisotopic (exact) mass is 944 g/mol. The molecule has 0 aliphatic carbocycles. The third-order valence-electron chi connectivity index (χ3n) is 12.6. The standard InChI is InChI=1S/C43H76O22/c1-22(59-43-40(36(56)32(52)28(21-47)63-43)65-42-38(58)34(54)30(50)27(20-46)62-42)15-13-11-9-7-5-3-2-4-6-8-10-12-14-16-23(48)17-24-39(35(55)31(51)25(18-44)60-24)64-41-37(57)33(53)29(49)26(19-45)61-41/h2-3,22,24-47,49-58H,4-21H2,1H3/b3-2-/t22?,24-,25?,26?,27?,28?,29+,30+,31+,32+,33-,34-,35-,36-,37?,38?,39?,40?,41-,42-,43+/m0/s1. The maximum atomic E-state index is 13.0. The Kier molecular flexibility index (Phi) is 24.4. The van der Waals surface area contributed by atoms with Crippen LogP contribution in [0.3, 0.4) is 0 Å². The molecule has 0 amide bonds. The molecule has 0 spiro atoms. The largest absolute Gasteiger partial charge is 0.394 e. The number of aliphatic hydroxyl groups excluding tert-OH is 14. The van der Waals surface area contributed by atoms with Gasteiger partial charge in [-0.3, -0.25) is 4.79 Å². The van der Waals surface area contributed by atoms with Crippen LogP contribution in [0.15, 0.2) is 12.2 Å². The Hall–Kier alpha value is -1.43. The highest BCUT2D eigenvalue weighted by molar-refractivity contribution is 5.79. The van der Waals surface area contributed by atoms with Crippen molar-refractivity contribution in [1.82, 2.24) is 0 Å². The van der Waals surface area contributed by atoms with Crippen LogP contribution in [0.25, 0.3) is 0 Å². The third-order valence-corrected chi connectivity index (χ3v) is 12.6. The van der Waals surface area contributed by atoms with Gasteiger partial charge in [0, 0.05) is 12.8 Å². The lowest BCUT2D eigenvalue weighted by Gasteiger charge is -2.46. The van der Waals surface area contributed by atoms with Crippen molar-refractivity contribution in [1.29, 1.82) is 0 Å². The van der Waals surface area contributed by atoms with Crippen LogP contribution in [0.1, 0.15) is 96.8 Å². The summed E-state index contributed by atoms with van der Waals surface area (Å²) in [5, 5.41) is 142. The van der Waals surface area contributed by atoms with Gasteiger partial charge in [0.25, 0.3) is 0 Å². The molecule has 4 fully saturated rings. The fraction of sp³-hybridized carbons (Fsp3) is 0.930. The van der Waals surface area contributed by atoms with Crippen molar-refractivity contribution in [3.05, 3.63) is 12.2 Å². The van der Waals surface area contributed by atoms with Crippen LogP contribution in [-0.4, -0.2) is 232 Å². The lowest BCUT2D eigenvalue weighted by molar-refractivity contribution is -0.371. The molecule has 4 aliphatic heterocycles. The van der Waals surface area contributed by atoms with Crippen molar-refractivity contribution >= 4 is 5.78 Å². The van der Waals surface area contributed by atoms with Gasteiger partial charge in [0.15, 0.2) is 18.9 Å². The molecule has 4 aliphatic rings. The van der Waals surface area contributed by atoms with Crippen LogP contribution in [0.5, 0.6) is 0 Å². The molecule has 0 bridgehead atoms. The summed E-state index contributed by atoms with van der Waals surface area (Å²) in [6.07, 6.45) is -15.6. The molecule has 0 aromatic heterocycles. The third kappa shape index (κ3) is 15.8. The highest BCUT2D eigenvalue weighted by Crippen LogP contribution is 2.33. The lowest BCUT2D eigenvalue weighted by Crippen LogP contribution is -2.64. The van der Waals surface area contributed by atoms with Crippen LogP contribution in [-0.2, 0) is 38.0 Å². The Balaban J connectivity index is 1.06. The average molecular weight is 945 g/mol. The molecule has 0 aromatic carbocycles. The molecular weight excluding hydrogens is 868 g/mol. The molecule has 4 heterocycles. The first-order chi connectivity index (χ1) is 31.1. The van der Waals surface area contributed by atoms with Crippen molar-refractivity contribution in [2.75, 3.05) is 26.4 Å². The zero-order chi connectivity index (χ0) is 47.8. The van der Waals surface area contributed by atoms with E-state index in [0.29, 0.717) is 12.8 Å². The Bertz CT molecular complexity index is 1360. The Morgan fingerprint density at radius 1 is 0.462 bits per heavy atom. The van der Waals surface area contributed by atoms with Crippen LogP contribution in [0.2, 0.25) is 0 Å². The molecule has 0 saturated carbocycles. The van der Waals surface area contributed by atoms with E-state index in [1.807, 2.05) is 0 Å². The molecule has 4 rings (SSSR count). The topological polar surface area (TPSA) is 365 Å². The van der Waals surface area contributed by atoms with E-state index in [4.69, 9.17) is 33.2 Å². The summed E-state index contributed by atoms with van der Waals surface area (Å²) in [5.41, 5.74) is 0. The number of hydrogen-bond donors (Lipinski definition) is 14. The summed E-state index contributed by atoms with van der Waals surface area (Å²) < 4.78 is 39.6. The van der Waals surface area contributed by atoms with Crippen LogP contribution < -0.4 is 0 Å². The van der Waals surface area contributed by atoms with Crippen LogP contribution in [0, 0.1) is 0 Å². The molecule has 9 unspecified atom stereocenters. The number of Topliss-reactive ketones (excluding diaryl/α,β-unsaturated/α-hetero) is 1. The number of carbonyl (C=O) groups is 1. The molecule has 22 heteroatoms. The number of ether oxygens (including phenoxy) is 7. The zero-order valence-corrected chi connectivity index (χ0v) is 37.0. The molecule has 0 radical (unpaired) electrons. The number of allylic oxidation sites excluding steroid dienone is 2. The van der Waals surface area contributed by atoms with Crippen molar-refractivity contribution < 1.29 is 109 Å². The smallest absolute Gasteiger partial charge is 0.187 e.